The third kappa shape index (κ3) is 2.78. The molecule has 0 bridgehead atoms. The molecule has 5 heteroatoms. The molecule has 0 fully saturated rings. The van der Waals surface area contributed by atoms with Gasteiger partial charge in [-0.1, -0.05) is 11.6 Å². The Morgan fingerprint density at radius 2 is 2.21 bits per heavy atom. The first-order valence-corrected chi connectivity index (χ1v) is 5.65. The molecule has 1 aromatic heterocycles. The van der Waals surface area contributed by atoms with Gasteiger partial charge in [-0.2, -0.15) is 5.10 Å². The highest BCUT2D eigenvalue weighted by Crippen LogP contribution is 2.16. The van der Waals surface area contributed by atoms with E-state index in [0.29, 0.717) is 15.5 Å². The van der Waals surface area contributed by atoms with Crippen molar-refractivity contribution in [3.8, 4) is 0 Å². The molecule has 76 valence electrons. The van der Waals surface area contributed by atoms with Crippen molar-refractivity contribution in [2.24, 2.45) is 0 Å². The zero-order chi connectivity index (χ0) is 10.7. The van der Waals surface area contributed by atoms with Crippen LogP contribution in [0.5, 0.6) is 0 Å². The molecular weight excluding hydrogens is 312 g/mol. The maximum atomic E-state index is 11.6. The predicted octanol–water partition coefficient (Wildman–Crippen LogP) is 2.73. The third-order valence-electron chi connectivity index (χ3n) is 1.61. The average Bonchev–Trinajstić information content (AvgIpc) is 2.13. The van der Waals surface area contributed by atoms with Gasteiger partial charge in [-0.25, -0.2) is 4.68 Å². The lowest BCUT2D eigenvalue weighted by Crippen LogP contribution is -2.22. The molecule has 1 aromatic rings. The molecule has 0 N–H and O–H groups in total. The second-order valence-electron chi connectivity index (χ2n) is 3.08. The molecule has 0 atom stereocenters. The van der Waals surface area contributed by atoms with Crippen molar-refractivity contribution >= 4 is 31.9 Å². The maximum Gasteiger partial charge on any atom is 0.282 e. The minimum absolute atomic E-state index is 0.128. The number of halogens is 2. The largest absolute Gasteiger partial charge is 0.282 e. The molecule has 0 aromatic carbocycles. The summed E-state index contributed by atoms with van der Waals surface area (Å²) in [5, 5.41) is 3.99. The lowest BCUT2D eigenvalue weighted by molar-refractivity contribution is 0.642. The second-order valence-corrected chi connectivity index (χ2v) is 4.72. The first-order valence-electron chi connectivity index (χ1n) is 4.07. The van der Waals surface area contributed by atoms with Crippen LogP contribution in [0.25, 0.3) is 0 Å². The van der Waals surface area contributed by atoms with Gasteiger partial charge in [0.2, 0.25) is 0 Å². The molecule has 1 heterocycles. The molecule has 14 heavy (non-hydrogen) atoms. The molecule has 0 aliphatic rings. The first-order chi connectivity index (χ1) is 6.52. The van der Waals surface area contributed by atoms with E-state index in [4.69, 9.17) is 0 Å². The Labute approximate surface area is 99.1 Å². The normalized spacial score (nSPS) is 10.0. The number of hydrogen-bond acceptors (Lipinski definition) is 2. The summed E-state index contributed by atoms with van der Waals surface area (Å²) in [4.78, 5) is 11.6. The van der Waals surface area contributed by atoms with E-state index in [-0.39, 0.29) is 5.56 Å². The number of nitrogens with zero attached hydrogens (tertiary/aromatic N) is 2. The van der Waals surface area contributed by atoms with Gasteiger partial charge in [0.05, 0.1) is 17.2 Å². The molecule has 0 spiro atoms. The summed E-state index contributed by atoms with van der Waals surface area (Å²) in [6.07, 6.45) is 3.55. The SMILES string of the molecule is CC(C)=CCn1ncc(Br)c(Br)c1=O. The van der Waals surface area contributed by atoms with E-state index >= 15 is 0 Å². The highest BCUT2D eigenvalue weighted by molar-refractivity contribution is 9.13. The van der Waals surface area contributed by atoms with Gasteiger partial charge in [0.1, 0.15) is 4.47 Å². The fourth-order valence-electron chi connectivity index (χ4n) is 0.844. The molecule has 0 saturated carbocycles. The van der Waals surface area contributed by atoms with Crippen molar-refractivity contribution in [1.82, 2.24) is 9.78 Å². The van der Waals surface area contributed by atoms with Gasteiger partial charge in [-0.05, 0) is 45.7 Å². The first kappa shape index (κ1) is 11.7. The standard InChI is InChI=1S/C9H10Br2N2O/c1-6(2)3-4-13-9(14)8(11)7(10)5-12-13/h3,5H,4H2,1-2H3. The number of hydrogen-bond donors (Lipinski definition) is 0. The summed E-state index contributed by atoms with van der Waals surface area (Å²) in [6.45, 7) is 4.48. The van der Waals surface area contributed by atoms with Crippen LogP contribution >= 0.6 is 31.9 Å². The molecule has 0 amide bonds. The van der Waals surface area contributed by atoms with Crippen LogP contribution in [-0.4, -0.2) is 9.78 Å². The Balaban J connectivity index is 3.07. The van der Waals surface area contributed by atoms with Gasteiger partial charge in [0.15, 0.2) is 0 Å². The van der Waals surface area contributed by atoms with E-state index in [9.17, 15) is 4.79 Å². The van der Waals surface area contributed by atoms with Crippen molar-refractivity contribution in [1.29, 1.82) is 0 Å². The van der Waals surface area contributed by atoms with Crippen molar-refractivity contribution in [2.75, 3.05) is 0 Å². The molecular formula is C9H10Br2N2O. The van der Waals surface area contributed by atoms with E-state index in [1.807, 2.05) is 19.9 Å². The summed E-state index contributed by atoms with van der Waals surface area (Å²) in [5.41, 5.74) is 1.04. The number of allylic oxidation sites excluding steroid dienone is 2. The monoisotopic (exact) mass is 320 g/mol. The smallest absolute Gasteiger partial charge is 0.266 e. The molecule has 3 nitrogen and oxygen atoms in total. The molecule has 1 rings (SSSR count). The fraction of sp³-hybridized carbons (Fsp3) is 0.333. The Kier molecular flexibility index (Phi) is 4.07. The van der Waals surface area contributed by atoms with E-state index < -0.39 is 0 Å². The van der Waals surface area contributed by atoms with Crippen LogP contribution in [0.15, 0.2) is 31.6 Å². The fourth-order valence-corrected chi connectivity index (χ4v) is 1.41. The summed E-state index contributed by atoms with van der Waals surface area (Å²) in [5.74, 6) is 0. The minimum atomic E-state index is -0.128. The molecule has 0 aliphatic heterocycles. The van der Waals surface area contributed by atoms with Crippen LogP contribution < -0.4 is 5.56 Å². The van der Waals surface area contributed by atoms with Gasteiger partial charge < -0.3 is 0 Å². The van der Waals surface area contributed by atoms with Crippen molar-refractivity contribution in [2.45, 2.75) is 20.4 Å². The van der Waals surface area contributed by atoms with Gasteiger partial charge in [-0.15, -0.1) is 0 Å². The van der Waals surface area contributed by atoms with Gasteiger partial charge >= 0.3 is 0 Å². The summed E-state index contributed by atoms with van der Waals surface area (Å²) in [7, 11) is 0. The van der Waals surface area contributed by atoms with Crippen molar-refractivity contribution in [3.63, 3.8) is 0 Å². The van der Waals surface area contributed by atoms with E-state index in [2.05, 4.69) is 37.0 Å². The molecule has 0 unspecified atom stereocenters. The zero-order valence-corrected chi connectivity index (χ0v) is 11.1. The van der Waals surface area contributed by atoms with Crippen molar-refractivity contribution < 1.29 is 0 Å². The summed E-state index contributed by atoms with van der Waals surface area (Å²) < 4.78 is 2.59. The predicted molar refractivity (Wildman–Crippen MR) is 63.3 cm³/mol. The summed E-state index contributed by atoms with van der Waals surface area (Å²) >= 11 is 6.42. The summed E-state index contributed by atoms with van der Waals surface area (Å²) in [6, 6.07) is 0. The number of aromatic nitrogens is 2. The van der Waals surface area contributed by atoms with E-state index in [1.54, 1.807) is 6.20 Å². The quantitative estimate of drug-likeness (QED) is 0.785. The van der Waals surface area contributed by atoms with Crippen LogP contribution in [0.4, 0.5) is 0 Å². The Morgan fingerprint density at radius 1 is 1.57 bits per heavy atom. The number of rotatable bonds is 2. The molecule has 0 radical (unpaired) electrons. The Bertz CT molecular complexity index is 419. The van der Waals surface area contributed by atoms with Gasteiger partial charge in [0, 0.05) is 0 Å². The highest BCUT2D eigenvalue weighted by Gasteiger charge is 2.04. The minimum Gasteiger partial charge on any atom is -0.266 e. The topological polar surface area (TPSA) is 34.9 Å². The Hall–Kier alpha value is -0.420. The van der Waals surface area contributed by atoms with Crippen LogP contribution in [-0.2, 0) is 6.54 Å². The highest BCUT2D eigenvalue weighted by atomic mass is 79.9. The van der Waals surface area contributed by atoms with Crippen LogP contribution in [0, 0.1) is 0 Å². The molecule has 0 saturated heterocycles. The maximum absolute atomic E-state index is 11.6. The van der Waals surface area contributed by atoms with E-state index in [1.165, 1.54) is 4.68 Å². The lowest BCUT2D eigenvalue weighted by Gasteiger charge is -2.02. The molecule has 0 aliphatic carbocycles. The van der Waals surface area contributed by atoms with Crippen LogP contribution in [0.2, 0.25) is 0 Å². The van der Waals surface area contributed by atoms with Crippen LogP contribution in [0.1, 0.15) is 13.8 Å². The van der Waals surface area contributed by atoms with Gasteiger partial charge in [0.25, 0.3) is 5.56 Å². The van der Waals surface area contributed by atoms with Crippen molar-refractivity contribution in [3.05, 3.63) is 37.1 Å². The van der Waals surface area contributed by atoms with Crippen LogP contribution in [0.3, 0.4) is 0 Å². The second kappa shape index (κ2) is 4.89. The third-order valence-corrected chi connectivity index (χ3v) is 3.51. The zero-order valence-electron chi connectivity index (χ0n) is 7.92. The average molecular weight is 322 g/mol. The van der Waals surface area contributed by atoms with Gasteiger partial charge in [-0.3, -0.25) is 4.79 Å². The lowest BCUT2D eigenvalue weighted by atomic mass is 10.3. The Morgan fingerprint density at radius 3 is 2.79 bits per heavy atom. The van der Waals surface area contributed by atoms with E-state index in [0.717, 1.165) is 5.57 Å².